The highest BCUT2D eigenvalue weighted by atomic mass is 16.3. The number of hydrogen-bond acceptors (Lipinski definition) is 3. The Morgan fingerprint density at radius 1 is 1.06 bits per heavy atom. The fraction of sp³-hybridized carbons (Fsp3) is 0.571. The Kier molecular flexibility index (Phi) is 5.12. The van der Waals surface area contributed by atoms with E-state index in [0.29, 0.717) is 0 Å². The van der Waals surface area contributed by atoms with Crippen molar-refractivity contribution in [2.24, 2.45) is 0 Å². The highest BCUT2D eigenvalue weighted by molar-refractivity contribution is 5.39. The van der Waals surface area contributed by atoms with Gasteiger partial charge in [-0.25, -0.2) is 0 Å². The predicted molar refractivity (Wildman–Crippen MR) is 70.2 cm³/mol. The topological polar surface area (TPSA) is 52.5 Å². The number of hydrogen-bond donors (Lipinski definition) is 3. The number of aliphatic hydroxyl groups excluding tert-OH is 2. The van der Waals surface area contributed by atoms with Crippen molar-refractivity contribution in [1.82, 2.24) is 5.32 Å². The molecule has 0 aliphatic heterocycles. The first-order valence-electron chi connectivity index (χ1n) is 6.05. The minimum Gasteiger partial charge on any atom is -0.395 e. The van der Waals surface area contributed by atoms with E-state index in [4.69, 9.17) is 10.2 Å². The monoisotopic (exact) mass is 237 g/mol. The quantitative estimate of drug-likeness (QED) is 0.729. The van der Waals surface area contributed by atoms with E-state index in [9.17, 15) is 0 Å². The van der Waals surface area contributed by atoms with Crippen LogP contribution in [0.2, 0.25) is 0 Å². The first-order chi connectivity index (χ1) is 7.99. The molecule has 1 aromatic carbocycles. The van der Waals surface area contributed by atoms with Crippen LogP contribution in [0.4, 0.5) is 0 Å². The van der Waals surface area contributed by atoms with E-state index in [1.54, 1.807) is 0 Å². The molecule has 0 aliphatic rings. The third-order valence-corrected chi connectivity index (χ3v) is 3.10. The van der Waals surface area contributed by atoms with Gasteiger partial charge in [-0.1, -0.05) is 17.7 Å². The predicted octanol–water partition coefficient (Wildman–Crippen LogP) is 1.62. The van der Waals surface area contributed by atoms with Crippen LogP contribution in [0.3, 0.4) is 0 Å². The van der Waals surface area contributed by atoms with E-state index in [-0.39, 0.29) is 25.3 Å². The van der Waals surface area contributed by atoms with Crippen molar-refractivity contribution in [3.8, 4) is 0 Å². The van der Waals surface area contributed by atoms with Gasteiger partial charge in [0.2, 0.25) is 0 Å². The smallest absolute Gasteiger partial charge is 0.0607 e. The maximum absolute atomic E-state index is 9.08. The van der Waals surface area contributed by atoms with Gasteiger partial charge in [-0.3, -0.25) is 0 Å². The Morgan fingerprint density at radius 2 is 1.53 bits per heavy atom. The summed E-state index contributed by atoms with van der Waals surface area (Å²) in [4.78, 5) is 0. The van der Waals surface area contributed by atoms with Crippen LogP contribution in [-0.2, 0) is 0 Å². The summed E-state index contributed by atoms with van der Waals surface area (Å²) in [6.45, 7) is 8.24. The van der Waals surface area contributed by atoms with Crippen molar-refractivity contribution in [3.05, 3.63) is 34.4 Å². The molecule has 96 valence electrons. The van der Waals surface area contributed by atoms with Gasteiger partial charge >= 0.3 is 0 Å². The minimum atomic E-state index is -0.259. The van der Waals surface area contributed by atoms with E-state index in [0.717, 1.165) is 0 Å². The molecule has 3 heteroatoms. The van der Waals surface area contributed by atoms with Gasteiger partial charge in [-0.15, -0.1) is 0 Å². The third kappa shape index (κ3) is 3.53. The zero-order valence-electron chi connectivity index (χ0n) is 11.1. The molecule has 3 nitrogen and oxygen atoms in total. The number of aryl methyl sites for hydroxylation is 3. The van der Waals surface area contributed by atoms with Crippen molar-refractivity contribution in [2.45, 2.75) is 39.8 Å². The molecule has 0 aliphatic carbocycles. The van der Waals surface area contributed by atoms with Gasteiger partial charge in [0.25, 0.3) is 0 Å². The van der Waals surface area contributed by atoms with Gasteiger partial charge in [0.15, 0.2) is 0 Å². The second kappa shape index (κ2) is 6.15. The third-order valence-electron chi connectivity index (χ3n) is 3.10. The average Bonchev–Trinajstić information content (AvgIpc) is 2.24. The zero-order valence-corrected chi connectivity index (χ0v) is 11.1. The first-order valence-corrected chi connectivity index (χ1v) is 6.05. The summed E-state index contributed by atoms with van der Waals surface area (Å²) in [6.07, 6.45) is 0. The number of benzene rings is 1. The molecule has 0 spiro atoms. The van der Waals surface area contributed by atoms with Crippen LogP contribution >= 0.6 is 0 Å². The molecule has 1 aromatic rings. The van der Waals surface area contributed by atoms with Gasteiger partial charge in [-0.05, 0) is 44.4 Å². The zero-order chi connectivity index (χ0) is 13.0. The molecule has 0 heterocycles. The lowest BCUT2D eigenvalue weighted by atomic mass is 9.94. The van der Waals surface area contributed by atoms with E-state index in [1.807, 2.05) is 0 Å². The summed E-state index contributed by atoms with van der Waals surface area (Å²) in [5.74, 6) is 0. The molecule has 3 N–H and O–H groups in total. The molecule has 0 aromatic heterocycles. The average molecular weight is 237 g/mol. The lowest BCUT2D eigenvalue weighted by molar-refractivity contribution is 0.163. The maximum Gasteiger partial charge on any atom is 0.0607 e. The molecule has 17 heavy (non-hydrogen) atoms. The normalized spacial score (nSPS) is 13.1. The van der Waals surface area contributed by atoms with Gasteiger partial charge in [-0.2, -0.15) is 0 Å². The van der Waals surface area contributed by atoms with Crippen LogP contribution in [0.5, 0.6) is 0 Å². The number of nitrogens with one attached hydrogen (secondary N) is 1. The van der Waals surface area contributed by atoms with E-state index in [1.165, 1.54) is 22.3 Å². The van der Waals surface area contributed by atoms with E-state index < -0.39 is 0 Å². The Hall–Kier alpha value is -0.900. The molecule has 0 amide bonds. The van der Waals surface area contributed by atoms with Crippen LogP contribution in [0.1, 0.15) is 35.2 Å². The fourth-order valence-corrected chi connectivity index (χ4v) is 2.47. The molecule has 1 unspecified atom stereocenters. The molecule has 0 radical (unpaired) electrons. The molecule has 0 saturated heterocycles. The Morgan fingerprint density at radius 3 is 1.94 bits per heavy atom. The van der Waals surface area contributed by atoms with Gasteiger partial charge < -0.3 is 15.5 Å². The summed E-state index contributed by atoms with van der Waals surface area (Å²) >= 11 is 0. The molecule has 0 saturated carbocycles. The maximum atomic E-state index is 9.08. The minimum absolute atomic E-state index is 0.0508. The van der Waals surface area contributed by atoms with Crippen molar-refractivity contribution in [1.29, 1.82) is 0 Å². The number of aliphatic hydroxyl groups is 2. The van der Waals surface area contributed by atoms with Gasteiger partial charge in [0.05, 0.1) is 19.3 Å². The van der Waals surface area contributed by atoms with Crippen LogP contribution in [0.25, 0.3) is 0 Å². The number of rotatable bonds is 5. The van der Waals surface area contributed by atoms with E-state index in [2.05, 4.69) is 45.1 Å². The second-order valence-corrected chi connectivity index (χ2v) is 4.76. The van der Waals surface area contributed by atoms with Crippen LogP contribution in [0.15, 0.2) is 12.1 Å². The van der Waals surface area contributed by atoms with Crippen molar-refractivity contribution < 1.29 is 10.2 Å². The van der Waals surface area contributed by atoms with Crippen molar-refractivity contribution in [3.63, 3.8) is 0 Å². The highest BCUT2D eigenvalue weighted by Gasteiger charge is 2.15. The summed E-state index contributed by atoms with van der Waals surface area (Å²) in [5.41, 5.74) is 5.01. The molecule has 0 bridgehead atoms. The lowest BCUT2D eigenvalue weighted by Gasteiger charge is -2.23. The molecule has 1 rings (SSSR count). The molecule has 0 fully saturated rings. The standard InChI is InChI=1S/C14H23NO2/c1-9-5-10(2)14(11(3)6-9)12(4)15-13(7-16)8-17/h5-6,12-13,15-17H,7-8H2,1-4H3. The Labute approximate surface area is 103 Å². The summed E-state index contributed by atoms with van der Waals surface area (Å²) < 4.78 is 0. The second-order valence-electron chi connectivity index (χ2n) is 4.76. The van der Waals surface area contributed by atoms with Crippen LogP contribution in [-0.4, -0.2) is 29.5 Å². The Bertz CT molecular complexity index is 349. The van der Waals surface area contributed by atoms with Crippen LogP contribution in [0, 0.1) is 20.8 Å². The molecule has 1 atom stereocenters. The van der Waals surface area contributed by atoms with Crippen molar-refractivity contribution >= 4 is 0 Å². The SMILES string of the molecule is Cc1cc(C)c(C(C)NC(CO)CO)c(C)c1. The van der Waals surface area contributed by atoms with Gasteiger partial charge in [0, 0.05) is 6.04 Å². The summed E-state index contributed by atoms with van der Waals surface area (Å²) in [7, 11) is 0. The summed E-state index contributed by atoms with van der Waals surface area (Å²) in [5, 5.41) is 21.4. The Balaban J connectivity index is 2.92. The lowest BCUT2D eigenvalue weighted by Crippen LogP contribution is -2.37. The molecular formula is C14H23NO2. The first kappa shape index (κ1) is 14.2. The molecular weight excluding hydrogens is 214 g/mol. The largest absolute Gasteiger partial charge is 0.395 e. The van der Waals surface area contributed by atoms with Crippen LogP contribution < -0.4 is 5.32 Å². The van der Waals surface area contributed by atoms with Crippen molar-refractivity contribution in [2.75, 3.05) is 13.2 Å². The van der Waals surface area contributed by atoms with E-state index >= 15 is 0 Å². The van der Waals surface area contributed by atoms with Gasteiger partial charge in [0.1, 0.15) is 0 Å². The highest BCUT2D eigenvalue weighted by Crippen LogP contribution is 2.23. The fourth-order valence-electron chi connectivity index (χ4n) is 2.47. The summed E-state index contributed by atoms with van der Waals surface area (Å²) in [6, 6.07) is 4.19.